The Hall–Kier alpha value is -2.41. The van der Waals surface area contributed by atoms with Crippen LogP contribution in [0.2, 0.25) is 0 Å². The molecule has 1 aromatic carbocycles. The van der Waals surface area contributed by atoms with Gasteiger partial charge in [0.2, 0.25) is 5.95 Å². The average Bonchev–Trinajstić information content (AvgIpc) is 2.80. The summed E-state index contributed by atoms with van der Waals surface area (Å²) in [5.74, 6) is 3.36. The number of hydrogen-bond donors (Lipinski definition) is 2. The molecule has 2 fully saturated rings. The molecule has 2 aliphatic heterocycles. The fourth-order valence-corrected chi connectivity index (χ4v) is 4.89. The van der Waals surface area contributed by atoms with E-state index in [1.54, 1.807) is 0 Å². The van der Waals surface area contributed by atoms with Gasteiger partial charge in [0, 0.05) is 31.7 Å². The Morgan fingerprint density at radius 1 is 1.00 bits per heavy atom. The average molecular weight is 453 g/mol. The Labute approximate surface area is 197 Å². The second-order valence-electron chi connectivity index (χ2n) is 9.35. The maximum absolute atomic E-state index is 5.62. The van der Waals surface area contributed by atoms with E-state index >= 15 is 0 Å². The minimum atomic E-state index is 0.101. The first-order chi connectivity index (χ1) is 15.5. The van der Waals surface area contributed by atoms with Crippen molar-refractivity contribution >= 4 is 34.9 Å². The summed E-state index contributed by atoms with van der Waals surface area (Å²) in [6, 6.07) is 13.1. The molecule has 0 amide bonds. The van der Waals surface area contributed by atoms with Gasteiger partial charge in [-0.25, -0.2) is 0 Å². The standard InChI is InChI=1S/C25H36N6S/c1-18-12-15-30(16-13-18)22-17-23(31-14-8-7-9-19(31)2)28-24(27-22)29-25(32)26-20(3)21-10-5-4-6-11-21/h4-6,10-11,17-20H,7-9,12-16H2,1-3H3,(H2,26,27,28,29,32)/t19-,20+/m1/s1. The number of anilines is 3. The zero-order valence-corrected chi connectivity index (χ0v) is 20.4. The summed E-state index contributed by atoms with van der Waals surface area (Å²) in [5, 5.41) is 7.19. The number of thiocarbonyl (C=S) groups is 1. The normalized spacial score (nSPS) is 20.7. The van der Waals surface area contributed by atoms with E-state index in [4.69, 9.17) is 22.2 Å². The van der Waals surface area contributed by atoms with Gasteiger partial charge in [-0.15, -0.1) is 0 Å². The molecule has 2 atom stereocenters. The van der Waals surface area contributed by atoms with Crippen LogP contribution < -0.4 is 20.4 Å². The van der Waals surface area contributed by atoms with Gasteiger partial charge in [0.15, 0.2) is 5.11 Å². The summed E-state index contributed by atoms with van der Waals surface area (Å²) >= 11 is 5.62. The smallest absolute Gasteiger partial charge is 0.232 e. The van der Waals surface area contributed by atoms with E-state index < -0.39 is 0 Å². The fourth-order valence-electron chi connectivity index (χ4n) is 4.62. The first kappa shape index (κ1) is 22.8. The molecule has 172 valence electrons. The maximum Gasteiger partial charge on any atom is 0.232 e. The van der Waals surface area contributed by atoms with Crippen LogP contribution in [0.5, 0.6) is 0 Å². The highest BCUT2D eigenvalue weighted by Gasteiger charge is 2.24. The van der Waals surface area contributed by atoms with E-state index in [0.717, 1.165) is 37.2 Å². The molecular formula is C25H36N6S. The summed E-state index contributed by atoms with van der Waals surface area (Å²) in [5.41, 5.74) is 1.19. The number of hydrogen-bond acceptors (Lipinski definition) is 5. The Balaban J connectivity index is 1.53. The van der Waals surface area contributed by atoms with Crippen LogP contribution >= 0.6 is 12.2 Å². The number of piperidine rings is 2. The van der Waals surface area contributed by atoms with E-state index in [0.29, 0.717) is 17.1 Å². The van der Waals surface area contributed by atoms with Crippen LogP contribution in [0.4, 0.5) is 17.6 Å². The van der Waals surface area contributed by atoms with E-state index in [-0.39, 0.29) is 6.04 Å². The van der Waals surface area contributed by atoms with Crippen molar-refractivity contribution in [1.82, 2.24) is 15.3 Å². The molecular weight excluding hydrogens is 416 g/mol. The Kier molecular flexibility index (Phi) is 7.45. The van der Waals surface area contributed by atoms with Crippen LogP contribution in [-0.4, -0.2) is 40.8 Å². The second-order valence-corrected chi connectivity index (χ2v) is 9.75. The minimum Gasteiger partial charge on any atom is -0.356 e. The number of benzene rings is 1. The van der Waals surface area contributed by atoms with Crippen LogP contribution in [0.3, 0.4) is 0 Å². The highest BCUT2D eigenvalue weighted by molar-refractivity contribution is 7.80. The third-order valence-electron chi connectivity index (χ3n) is 6.78. The van der Waals surface area contributed by atoms with E-state index in [2.05, 4.69) is 59.4 Å². The van der Waals surface area contributed by atoms with Crippen LogP contribution in [-0.2, 0) is 0 Å². The zero-order valence-electron chi connectivity index (χ0n) is 19.6. The van der Waals surface area contributed by atoms with Crippen molar-refractivity contribution in [2.75, 3.05) is 34.8 Å². The molecule has 0 aliphatic carbocycles. The molecule has 3 heterocycles. The maximum atomic E-state index is 5.62. The van der Waals surface area contributed by atoms with Gasteiger partial charge in [-0.05, 0) is 69.7 Å². The van der Waals surface area contributed by atoms with Crippen molar-refractivity contribution in [3.05, 3.63) is 42.0 Å². The van der Waals surface area contributed by atoms with Gasteiger partial charge in [-0.1, -0.05) is 37.3 Å². The van der Waals surface area contributed by atoms with Crippen LogP contribution in [0.1, 0.15) is 64.5 Å². The molecule has 1 aromatic heterocycles. The number of aromatic nitrogens is 2. The third-order valence-corrected chi connectivity index (χ3v) is 7.00. The first-order valence-electron chi connectivity index (χ1n) is 12.0. The third kappa shape index (κ3) is 5.68. The van der Waals surface area contributed by atoms with Crippen molar-refractivity contribution in [1.29, 1.82) is 0 Å². The molecule has 2 saturated heterocycles. The monoisotopic (exact) mass is 452 g/mol. The van der Waals surface area contributed by atoms with Crippen LogP contribution in [0, 0.1) is 5.92 Å². The van der Waals surface area contributed by atoms with Gasteiger partial charge >= 0.3 is 0 Å². The quantitative estimate of drug-likeness (QED) is 0.609. The number of nitrogens with zero attached hydrogens (tertiary/aromatic N) is 4. The summed E-state index contributed by atoms with van der Waals surface area (Å²) in [6.07, 6.45) is 6.11. The molecule has 2 N–H and O–H groups in total. The summed E-state index contributed by atoms with van der Waals surface area (Å²) < 4.78 is 0. The van der Waals surface area contributed by atoms with Crippen molar-refractivity contribution < 1.29 is 0 Å². The fraction of sp³-hybridized carbons (Fsp3) is 0.560. The summed E-state index contributed by atoms with van der Waals surface area (Å²) in [4.78, 5) is 14.6. The van der Waals surface area contributed by atoms with Gasteiger partial charge in [0.05, 0.1) is 6.04 Å². The number of nitrogens with one attached hydrogen (secondary N) is 2. The predicted octanol–water partition coefficient (Wildman–Crippen LogP) is 5.14. The number of rotatable bonds is 5. The molecule has 0 spiro atoms. The molecule has 0 unspecified atom stereocenters. The highest BCUT2D eigenvalue weighted by Crippen LogP contribution is 2.29. The Morgan fingerprint density at radius 2 is 1.72 bits per heavy atom. The van der Waals surface area contributed by atoms with Crippen molar-refractivity contribution in [2.24, 2.45) is 5.92 Å². The predicted molar refractivity (Wildman–Crippen MR) is 138 cm³/mol. The molecule has 4 rings (SSSR count). The van der Waals surface area contributed by atoms with Gasteiger partial charge in [-0.3, -0.25) is 0 Å². The largest absolute Gasteiger partial charge is 0.356 e. The zero-order chi connectivity index (χ0) is 22.5. The summed E-state index contributed by atoms with van der Waals surface area (Å²) in [6.45, 7) is 9.87. The topological polar surface area (TPSA) is 56.3 Å². The molecule has 0 radical (unpaired) electrons. The lowest BCUT2D eigenvalue weighted by atomic mass is 9.99. The minimum absolute atomic E-state index is 0.101. The van der Waals surface area contributed by atoms with Crippen LogP contribution in [0.25, 0.3) is 0 Å². The van der Waals surface area contributed by atoms with Crippen molar-refractivity contribution in [3.63, 3.8) is 0 Å². The molecule has 2 aliphatic rings. The lowest BCUT2D eigenvalue weighted by molar-refractivity contribution is 0.436. The lowest BCUT2D eigenvalue weighted by Crippen LogP contribution is -2.39. The van der Waals surface area contributed by atoms with Gasteiger partial charge in [0.1, 0.15) is 11.6 Å². The van der Waals surface area contributed by atoms with Gasteiger partial charge < -0.3 is 20.4 Å². The molecule has 7 heteroatoms. The Morgan fingerprint density at radius 3 is 2.44 bits per heavy atom. The molecule has 6 nitrogen and oxygen atoms in total. The Bertz CT molecular complexity index is 897. The molecule has 0 bridgehead atoms. The van der Waals surface area contributed by atoms with Crippen molar-refractivity contribution in [3.8, 4) is 0 Å². The van der Waals surface area contributed by atoms with E-state index in [1.807, 2.05) is 18.2 Å². The lowest BCUT2D eigenvalue weighted by Gasteiger charge is -2.36. The first-order valence-corrected chi connectivity index (χ1v) is 12.4. The van der Waals surface area contributed by atoms with Gasteiger partial charge in [0.25, 0.3) is 0 Å². The van der Waals surface area contributed by atoms with Crippen molar-refractivity contribution in [2.45, 2.75) is 65.0 Å². The second kappa shape index (κ2) is 10.5. The summed E-state index contributed by atoms with van der Waals surface area (Å²) in [7, 11) is 0. The van der Waals surface area contributed by atoms with Gasteiger partial charge in [-0.2, -0.15) is 9.97 Å². The van der Waals surface area contributed by atoms with Crippen LogP contribution in [0.15, 0.2) is 36.4 Å². The highest BCUT2D eigenvalue weighted by atomic mass is 32.1. The molecule has 2 aromatic rings. The van der Waals surface area contributed by atoms with E-state index in [9.17, 15) is 0 Å². The molecule has 32 heavy (non-hydrogen) atoms. The SMILES string of the molecule is CC1CCN(c2cc(N3CCCC[C@H]3C)nc(NC(=S)N[C@@H](C)c3ccccc3)n2)CC1. The molecule has 0 saturated carbocycles. The van der Waals surface area contributed by atoms with E-state index in [1.165, 1.54) is 37.7 Å².